The van der Waals surface area contributed by atoms with E-state index in [4.69, 9.17) is 9.47 Å². The zero-order valence-electron chi connectivity index (χ0n) is 15.1. The Morgan fingerprint density at radius 3 is 2.67 bits per heavy atom. The van der Waals surface area contributed by atoms with Gasteiger partial charge in [0.05, 0.1) is 7.11 Å². The summed E-state index contributed by atoms with van der Waals surface area (Å²) in [4.78, 5) is 17.8. The van der Waals surface area contributed by atoms with Gasteiger partial charge in [-0.1, -0.05) is 6.07 Å². The number of rotatable bonds is 4. The van der Waals surface area contributed by atoms with Crippen LogP contribution in [0.25, 0.3) is 10.9 Å². The number of carbonyl (C=O) groups is 1. The number of nitrogens with one attached hydrogen (secondary N) is 1. The van der Waals surface area contributed by atoms with Crippen LogP contribution >= 0.6 is 0 Å². The first-order valence-corrected chi connectivity index (χ1v) is 9.00. The molecule has 0 bridgehead atoms. The smallest absolute Gasteiger partial charge is 0.270 e. The van der Waals surface area contributed by atoms with Gasteiger partial charge in [-0.15, -0.1) is 0 Å². The second-order valence-electron chi connectivity index (χ2n) is 6.70. The topological polar surface area (TPSA) is 54.6 Å². The lowest BCUT2D eigenvalue weighted by molar-refractivity contribution is 0.0590. The fraction of sp³-hybridized carbons (Fsp3) is 0.286. The summed E-state index contributed by atoms with van der Waals surface area (Å²) in [6, 6.07) is 13.7. The van der Waals surface area contributed by atoms with Crippen LogP contribution in [0.2, 0.25) is 0 Å². The van der Waals surface area contributed by atoms with Crippen LogP contribution in [0.1, 0.15) is 23.3 Å². The van der Waals surface area contributed by atoms with Gasteiger partial charge in [-0.2, -0.15) is 0 Å². The van der Waals surface area contributed by atoms with Gasteiger partial charge in [-0.3, -0.25) is 4.79 Å². The molecule has 3 aromatic rings. The third-order valence-corrected chi connectivity index (χ3v) is 4.89. The maximum atomic E-state index is 13.3. The maximum absolute atomic E-state index is 13.3. The van der Waals surface area contributed by atoms with E-state index >= 15 is 0 Å². The van der Waals surface area contributed by atoms with Crippen LogP contribution in [0.15, 0.2) is 48.5 Å². The Morgan fingerprint density at radius 1 is 1.11 bits per heavy atom. The normalized spacial score (nSPS) is 15.1. The molecule has 0 aliphatic carbocycles. The molecule has 1 fully saturated rings. The number of nitrogens with zero attached hydrogens (tertiary/aromatic N) is 1. The van der Waals surface area contributed by atoms with E-state index < -0.39 is 0 Å². The van der Waals surface area contributed by atoms with E-state index in [-0.39, 0.29) is 17.8 Å². The van der Waals surface area contributed by atoms with Crippen LogP contribution < -0.4 is 9.47 Å². The van der Waals surface area contributed by atoms with E-state index in [0.717, 1.165) is 29.5 Å². The number of piperidine rings is 1. The van der Waals surface area contributed by atoms with E-state index in [1.54, 1.807) is 19.2 Å². The first-order valence-electron chi connectivity index (χ1n) is 9.00. The van der Waals surface area contributed by atoms with Crippen molar-refractivity contribution in [2.45, 2.75) is 18.9 Å². The number of aromatic amines is 1. The van der Waals surface area contributed by atoms with Gasteiger partial charge in [-0.25, -0.2) is 4.39 Å². The third-order valence-electron chi connectivity index (χ3n) is 4.89. The number of ether oxygens (including phenoxy) is 2. The highest BCUT2D eigenvalue weighted by molar-refractivity contribution is 5.98. The van der Waals surface area contributed by atoms with Crippen molar-refractivity contribution in [2.24, 2.45) is 0 Å². The van der Waals surface area contributed by atoms with Crippen LogP contribution in [0, 0.1) is 5.82 Å². The SMILES string of the molecule is COc1ccc2[nH]c(C(=O)N3CCC(Oc4cccc(F)c4)CC3)cc2c1. The van der Waals surface area contributed by atoms with E-state index in [0.29, 0.717) is 24.5 Å². The molecule has 2 aromatic carbocycles. The van der Waals surface area contributed by atoms with Crippen molar-refractivity contribution in [3.63, 3.8) is 0 Å². The summed E-state index contributed by atoms with van der Waals surface area (Å²) in [6.45, 7) is 1.22. The summed E-state index contributed by atoms with van der Waals surface area (Å²) in [7, 11) is 1.62. The van der Waals surface area contributed by atoms with Gasteiger partial charge >= 0.3 is 0 Å². The van der Waals surface area contributed by atoms with Gasteiger partial charge in [0.25, 0.3) is 5.91 Å². The maximum Gasteiger partial charge on any atom is 0.270 e. The second-order valence-corrected chi connectivity index (χ2v) is 6.70. The summed E-state index contributed by atoms with van der Waals surface area (Å²) in [5.41, 5.74) is 1.48. The summed E-state index contributed by atoms with van der Waals surface area (Å²) in [5.74, 6) is 0.963. The van der Waals surface area contributed by atoms with Crippen LogP contribution in [0.3, 0.4) is 0 Å². The average molecular weight is 368 g/mol. The van der Waals surface area contributed by atoms with Crippen molar-refractivity contribution in [1.29, 1.82) is 0 Å². The van der Waals surface area contributed by atoms with Crippen molar-refractivity contribution >= 4 is 16.8 Å². The molecule has 5 nitrogen and oxygen atoms in total. The standard InChI is InChI=1S/C21H21FN2O3/c1-26-17-5-6-19-14(11-17)12-20(23-19)21(25)24-9-7-16(8-10-24)27-18-4-2-3-15(22)13-18/h2-6,11-13,16,23H,7-10H2,1H3. The molecule has 0 spiro atoms. The van der Waals surface area contributed by atoms with Gasteiger partial charge in [0.15, 0.2) is 0 Å². The number of fused-ring (bicyclic) bond motifs is 1. The zero-order valence-corrected chi connectivity index (χ0v) is 15.1. The number of carbonyl (C=O) groups excluding carboxylic acids is 1. The van der Waals surface area contributed by atoms with Crippen molar-refractivity contribution in [3.05, 3.63) is 60.0 Å². The summed E-state index contributed by atoms with van der Waals surface area (Å²) in [6.07, 6.45) is 1.43. The molecule has 1 saturated heterocycles. The van der Waals surface area contributed by atoms with Crippen molar-refractivity contribution < 1.29 is 18.7 Å². The lowest BCUT2D eigenvalue weighted by Crippen LogP contribution is -2.41. The Kier molecular flexibility index (Phi) is 4.71. The molecule has 0 radical (unpaired) electrons. The lowest BCUT2D eigenvalue weighted by atomic mass is 10.1. The number of aromatic nitrogens is 1. The number of hydrogen-bond acceptors (Lipinski definition) is 3. The number of benzene rings is 2. The summed E-state index contributed by atoms with van der Waals surface area (Å²) in [5, 5.41) is 0.946. The largest absolute Gasteiger partial charge is 0.497 e. The van der Waals surface area contributed by atoms with Crippen molar-refractivity contribution in [1.82, 2.24) is 9.88 Å². The Labute approximate surface area is 156 Å². The molecule has 2 heterocycles. The Morgan fingerprint density at radius 2 is 1.93 bits per heavy atom. The molecule has 1 amide bonds. The fourth-order valence-electron chi connectivity index (χ4n) is 3.43. The Bertz CT molecular complexity index is 961. The molecular weight excluding hydrogens is 347 g/mol. The number of amides is 1. The highest BCUT2D eigenvalue weighted by Crippen LogP contribution is 2.24. The van der Waals surface area contributed by atoms with Crippen LogP contribution in [0.5, 0.6) is 11.5 Å². The molecule has 27 heavy (non-hydrogen) atoms. The third kappa shape index (κ3) is 3.74. The summed E-state index contributed by atoms with van der Waals surface area (Å²) < 4.78 is 24.3. The molecule has 1 aliphatic heterocycles. The number of methoxy groups -OCH3 is 1. The van der Waals surface area contributed by atoms with E-state index in [9.17, 15) is 9.18 Å². The number of likely N-dealkylation sites (tertiary alicyclic amines) is 1. The predicted octanol–water partition coefficient (Wildman–Crippen LogP) is 4.00. The molecule has 140 valence electrons. The van der Waals surface area contributed by atoms with E-state index in [1.807, 2.05) is 29.2 Å². The molecule has 1 aromatic heterocycles. The second kappa shape index (κ2) is 7.31. The van der Waals surface area contributed by atoms with Crippen LogP contribution in [-0.2, 0) is 0 Å². The first-order chi connectivity index (χ1) is 13.1. The fourth-order valence-corrected chi connectivity index (χ4v) is 3.43. The summed E-state index contributed by atoms with van der Waals surface area (Å²) >= 11 is 0. The molecule has 0 unspecified atom stereocenters. The number of halogens is 1. The van der Waals surface area contributed by atoms with E-state index in [2.05, 4.69) is 4.98 Å². The number of H-pyrrole nitrogens is 1. The van der Waals surface area contributed by atoms with E-state index in [1.165, 1.54) is 12.1 Å². The van der Waals surface area contributed by atoms with Gasteiger partial charge in [0.1, 0.15) is 29.1 Å². The van der Waals surface area contributed by atoms with Gasteiger partial charge in [-0.05, 0) is 36.4 Å². The molecule has 4 rings (SSSR count). The molecule has 1 aliphatic rings. The minimum Gasteiger partial charge on any atom is -0.497 e. The predicted molar refractivity (Wildman–Crippen MR) is 101 cm³/mol. The first kappa shape index (κ1) is 17.4. The minimum atomic E-state index is -0.310. The average Bonchev–Trinajstić information content (AvgIpc) is 3.11. The van der Waals surface area contributed by atoms with Crippen LogP contribution in [-0.4, -0.2) is 42.1 Å². The molecule has 0 atom stereocenters. The number of hydrogen-bond donors (Lipinski definition) is 1. The van der Waals surface area contributed by atoms with Crippen molar-refractivity contribution in [2.75, 3.05) is 20.2 Å². The van der Waals surface area contributed by atoms with Crippen LogP contribution in [0.4, 0.5) is 4.39 Å². The van der Waals surface area contributed by atoms with Gasteiger partial charge in [0.2, 0.25) is 0 Å². The van der Waals surface area contributed by atoms with Crippen molar-refractivity contribution in [3.8, 4) is 11.5 Å². The zero-order chi connectivity index (χ0) is 18.8. The monoisotopic (exact) mass is 368 g/mol. The quantitative estimate of drug-likeness (QED) is 0.757. The Balaban J connectivity index is 1.39. The Hall–Kier alpha value is -3.02. The molecule has 6 heteroatoms. The minimum absolute atomic E-state index is 0.0113. The van der Waals surface area contributed by atoms with Gasteiger partial charge < -0.3 is 19.4 Å². The molecule has 0 saturated carbocycles. The highest BCUT2D eigenvalue weighted by Gasteiger charge is 2.25. The molecule has 1 N–H and O–H groups in total. The molecular formula is C21H21FN2O3. The highest BCUT2D eigenvalue weighted by atomic mass is 19.1. The van der Waals surface area contributed by atoms with Gasteiger partial charge in [0, 0.05) is 42.9 Å². The lowest BCUT2D eigenvalue weighted by Gasteiger charge is -2.32.